The molecule has 1 N–H and O–H groups in total. The number of carbonyl (C=O) groups excluding carboxylic acids is 2. The van der Waals surface area contributed by atoms with E-state index in [-0.39, 0.29) is 30.2 Å². The lowest BCUT2D eigenvalue weighted by Gasteiger charge is -2.24. The van der Waals surface area contributed by atoms with Gasteiger partial charge < -0.3 is 19.4 Å². The predicted molar refractivity (Wildman–Crippen MR) is 152 cm³/mol. The Labute approximate surface area is 237 Å². The molecule has 0 spiro atoms. The molecule has 4 heterocycles. The van der Waals surface area contributed by atoms with E-state index in [9.17, 15) is 9.59 Å². The molecule has 0 unspecified atom stereocenters. The van der Waals surface area contributed by atoms with Crippen LogP contribution in [0.25, 0.3) is 0 Å². The van der Waals surface area contributed by atoms with Crippen LogP contribution in [-0.4, -0.2) is 57.3 Å². The molecule has 202 valence electrons. The van der Waals surface area contributed by atoms with E-state index in [4.69, 9.17) is 14.6 Å². The number of rotatable bonds is 10. The van der Waals surface area contributed by atoms with Crippen LogP contribution in [0.15, 0.2) is 63.5 Å². The average Bonchev–Trinajstić information content (AvgIpc) is 3.77. The Hall–Kier alpha value is -3.68. The molecule has 0 saturated heterocycles. The highest BCUT2D eigenvalue weighted by atomic mass is 32.2. The fraction of sp³-hybridized carbons (Fsp3) is 0.269. The van der Waals surface area contributed by atoms with Crippen LogP contribution >= 0.6 is 34.4 Å². The van der Waals surface area contributed by atoms with Crippen molar-refractivity contribution in [2.24, 2.45) is 12.1 Å². The fourth-order valence-corrected chi connectivity index (χ4v) is 6.36. The molecule has 5 rings (SSSR count). The highest BCUT2D eigenvalue weighted by Crippen LogP contribution is 2.42. The third-order valence-electron chi connectivity index (χ3n) is 6.17. The highest BCUT2D eigenvalue weighted by molar-refractivity contribution is 7.99. The van der Waals surface area contributed by atoms with Gasteiger partial charge in [-0.05, 0) is 29.0 Å². The van der Waals surface area contributed by atoms with Crippen molar-refractivity contribution in [1.29, 1.82) is 0 Å². The zero-order valence-corrected chi connectivity index (χ0v) is 23.9. The topological polar surface area (TPSA) is 111 Å². The van der Waals surface area contributed by atoms with E-state index in [0.29, 0.717) is 33.8 Å². The molecule has 4 aromatic rings. The van der Waals surface area contributed by atoms with Gasteiger partial charge in [0.15, 0.2) is 22.5 Å². The predicted octanol–water partition coefficient (Wildman–Crippen LogP) is 4.36. The zero-order chi connectivity index (χ0) is 27.4. The van der Waals surface area contributed by atoms with Gasteiger partial charge >= 0.3 is 0 Å². The lowest BCUT2D eigenvalue weighted by Crippen LogP contribution is -2.29. The van der Waals surface area contributed by atoms with Crippen molar-refractivity contribution in [3.63, 3.8) is 0 Å². The van der Waals surface area contributed by atoms with Crippen LogP contribution in [0.4, 0.5) is 0 Å². The van der Waals surface area contributed by atoms with Gasteiger partial charge in [-0.3, -0.25) is 9.59 Å². The monoisotopic (exact) mass is 582 g/mol. The Morgan fingerprint density at radius 1 is 1.08 bits per heavy atom. The molecule has 39 heavy (non-hydrogen) atoms. The molecular weight excluding hydrogens is 557 g/mol. The lowest BCUT2D eigenvalue weighted by atomic mass is 9.99. The van der Waals surface area contributed by atoms with E-state index < -0.39 is 0 Å². The van der Waals surface area contributed by atoms with E-state index in [1.54, 1.807) is 36.2 Å². The summed E-state index contributed by atoms with van der Waals surface area (Å²) in [6.07, 6.45) is 0.554. The van der Waals surface area contributed by atoms with E-state index in [1.165, 1.54) is 28.1 Å². The summed E-state index contributed by atoms with van der Waals surface area (Å²) in [6.45, 7) is 0.229. The van der Waals surface area contributed by atoms with Crippen molar-refractivity contribution in [2.75, 3.05) is 20.0 Å². The van der Waals surface area contributed by atoms with Gasteiger partial charge in [0.2, 0.25) is 0 Å². The van der Waals surface area contributed by atoms with Crippen molar-refractivity contribution in [3.8, 4) is 11.5 Å². The first-order valence-electron chi connectivity index (χ1n) is 12.0. The third kappa shape index (κ3) is 5.70. The number of thioether (sulfide) groups is 1. The highest BCUT2D eigenvalue weighted by Gasteiger charge is 2.36. The van der Waals surface area contributed by atoms with Crippen LogP contribution in [-0.2, 0) is 18.4 Å². The van der Waals surface area contributed by atoms with Gasteiger partial charge in [-0.15, -0.1) is 32.9 Å². The molecule has 1 aliphatic heterocycles. The van der Waals surface area contributed by atoms with E-state index >= 15 is 0 Å². The van der Waals surface area contributed by atoms with Gasteiger partial charge in [-0.2, -0.15) is 5.10 Å². The maximum Gasteiger partial charge on any atom is 0.261 e. The SMILES string of the molecule is COc1cccc([C@H]2CC(c3cccs3)=NN2C(=O)CSc2nnc(CNC(=O)c3cccs3)n2C)c1OC. The summed E-state index contributed by atoms with van der Waals surface area (Å²) in [6, 6.07) is 12.9. The van der Waals surface area contributed by atoms with Crippen LogP contribution in [0.5, 0.6) is 11.5 Å². The van der Waals surface area contributed by atoms with Crippen molar-refractivity contribution in [3.05, 3.63) is 74.4 Å². The second kappa shape index (κ2) is 12.0. The Morgan fingerprint density at radius 2 is 1.90 bits per heavy atom. The van der Waals surface area contributed by atoms with Crippen molar-refractivity contribution in [1.82, 2.24) is 25.1 Å². The largest absolute Gasteiger partial charge is 0.493 e. The molecule has 10 nitrogen and oxygen atoms in total. The number of methoxy groups -OCH3 is 2. The molecule has 13 heteroatoms. The molecule has 2 amide bonds. The first kappa shape index (κ1) is 26.9. The number of thiophene rings is 2. The molecule has 0 saturated carbocycles. The fourth-order valence-electron chi connectivity index (χ4n) is 4.22. The molecule has 0 bridgehead atoms. The number of nitrogens with zero attached hydrogens (tertiary/aromatic N) is 5. The smallest absolute Gasteiger partial charge is 0.261 e. The minimum absolute atomic E-state index is 0.109. The Kier molecular flexibility index (Phi) is 8.29. The van der Waals surface area contributed by atoms with Gasteiger partial charge in [-0.1, -0.05) is 36.0 Å². The minimum atomic E-state index is -0.345. The molecule has 3 aromatic heterocycles. The molecule has 1 atom stereocenters. The second-order valence-electron chi connectivity index (χ2n) is 8.47. The van der Waals surface area contributed by atoms with Gasteiger partial charge in [0.1, 0.15) is 0 Å². The number of hydrogen-bond donors (Lipinski definition) is 1. The minimum Gasteiger partial charge on any atom is -0.493 e. The van der Waals surface area contributed by atoms with Gasteiger partial charge in [-0.25, -0.2) is 5.01 Å². The molecule has 0 fully saturated rings. The van der Waals surface area contributed by atoms with Gasteiger partial charge in [0, 0.05) is 19.0 Å². The number of aromatic nitrogens is 3. The number of para-hydroxylation sites is 1. The maximum absolute atomic E-state index is 13.6. The van der Waals surface area contributed by atoms with E-state index in [2.05, 4.69) is 15.5 Å². The molecule has 0 radical (unpaired) electrons. The molecular formula is C26H26N6O4S3. The summed E-state index contributed by atoms with van der Waals surface area (Å²) in [5.74, 6) is 1.55. The number of hydrazone groups is 1. The van der Waals surface area contributed by atoms with Crippen molar-refractivity contribution < 1.29 is 19.1 Å². The normalized spacial score (nSPS) is 14.8. The maximum atomic E-state index is 13.6. The number of carbonyl (C=O) groups is 2. The Balaban J connectivity index is 1.31. The zero-order valence-electron chi connectivity index (χ0n) is 21.5. The van der Waals surface area contributed by atoms with Crippen molar-refractivity contribution >= 4 is 52.0 Å². The van der Waals surface area contributed by atoms with E-state index in [1.807, 2.05) is 54.2 Å². The number of ether oxygens (including phenoxy) is 2. The molecule has 1 aromatic carbocycles. The van der Waals surface area contributed by atoms with Crippen LogP contribution in [0.1, 0.15) is 38.4 Å². The Bertz CT molecular complexity index is 1480. The summed E-state index contributed by atoms with van der Waals surface area (Å²) < 4.78 is 13.0. The number of nitrogens with one attached hydrogen (secondary N) is 1. The number of amides is 2. The summed E-state index contributed by atoms with van der Waals surface area (Å²) in [7, 11) is 4.99. The lowest BCUT2D eigenvalue weighted by molar-refractivity contribution is -0.130. The van der Waals surface area contributed by atoms with Crippen LogP contribution in [0.3, 0.4) is 0 Å². The number of hydrogen-bond acceptors (Lipinski definition) is 10. The third-order valence-corrected chi connectivity index (χ3v) is 8.96. The summed E-state index contributed by atoms with van der Waals surface area (Å²) in [5, 5.41) is 22.0. The second-order valence-corrected chi connectivity index (χ2v) is 11.3. The van der Waals surface area contributed by atoms with Crippen LogP contribution in [0.2, 0.25) is 0 Å². The van der Waals surface area contributed by atoms with E-state index in [0.717, 1.165) is 16.2 Å². The Morgan fingerprint density at radius 3 is 2.62 bits per heavy atom. The molecule has 1 aliphatic rings. The average molecular weight is 583 g/mol. The first-order valence-corrected chi connectivity index (χ1v) is 14.7. The first-order chi connectivity index (χ1) is 19.0. The summed E-state index contributed by atoms with van der Waals surface area (Å²) in [5.41, 5.74) is 1.67. The van der Waals surface area contributed by atoms with Crippen LogP contribution in [0, 0.1) is 0 Å². The number of benzene rings is 1. The molecule has 0 aliphatic carbocycles. The summed E-state index contributed by atoms with van der Waals surface area (Å²) in [4.78, 5) is 27.5. The summed E-state index contributed by atoms with van der Waals surface area (Å²) >= 11 is 4.24. The van der Waals surface area contributed by atoms with Crippen molar-refractivity contribution in [2.45, 2.75) is 24.2 Å². The van der Waals surface area contributed by atoms with Crippen LogP contribution < -0.4 is 14.8 Å². The van der Waals surface area contributed by atoms with Gasteiger partial charge in [0.05, 0.1) is 48.0 Å². The standard InChI is InChI=1S/C26H26N6O4S3/c1-31-22(14-27-25(34)21-10-6-12-38-21)28-29-26(31)39-15-23(33)32-18(13-17(30-32)20-9-5-11-37-20)16-7-4-8-19(35-2)24(16)36-3/h4-12,18H,13-15H2,1-3H3,(H,27,34)/t18-/m1/s1. The van der Waals surface area contributed by atoms with Gasteiger partial charge in [0.25, 0.3) is 11.8 Å². The quantitative estimate of drug-likeness (QED) is 0.277.